The second-order valence-corrected chi connectivity index (χ2v) is 7.37. The molecule has 2 aliphatic rings. The molecule has 7 heteroatoms. The van der Waals surface area contributed by atoms with E-state index in [2.05, 4.69) is 10.3 Å². The molecule has 0 aromatic carbocycles. The molecule has 7 nitrogen and oxygen atoms in total. The van der Waals surface area contributed by atoms with Crippen LogP contribution in [0.3, 0.4) is 0 Å². The van der Waals surface area contributed by atoms with Gasteiger partial charge in [-0.25, -0.2) is 0 Å². The van der Waals surface area contributed by atoms with Crippen LogP contribution in [0.2, 0.25) is 0 Å². The molecule has 0 unspecified atom stereocenters. The van der Waals surface area contributed by atoms with Crippen LogP contribution in [0, 0.1) is 0 Å². The minimum atomic E-state index is -0.481. The van der Waals surface area contributed by atoms with E-state index in [1.807, 2.05) is 23.1 Å². The smallest absolute Gasteiger partial charge is 0.226 e. The van der Waals surface area contributed by atoms with Gasteiger partial charge in [0.15, 0.2) is 0 Å². The van der Waals surface area contributed by atoms with Crippen LogP contribution in [-0.4, -0.2) is 64.8 Å². The number of likely N-dealkylation sites (tertiary alicyclic amines) is 1. The number of nitrogens with zero attached hydrogens (tertiary/aromatic N) is 2. The van der Waals surface area contributed by atoms with Gasteiger partial charge in [0, 0.05) is 25.0 Å². The highest BCUT2D eigenvalue weighted by Gasteiger charge is 2.33. The fourth-order valence-corrected chi connectivity index (χ4v) is 3.84. The monoisotopic (exact) mass is 375 g/mol. The predicted molar refractivity (Wildman–Crippen MR) is 99.9 cm³/mol. The van der Waals surface area contributed by atoms with E-state index in [0.717, 1.165) is 25.9 Å². The van der Waals surface area contributed by atoms with Gasteiger partial charge in [-0.3, -0.25) is 14.6 Å². The zero-order valence-electron chi connectivity index (χ0n) is 15.7. The number of aliphatic hydroxyl groups excluding tert-OH is 1. The Hall–Kier alpha value is -1.99. The Morgan fingerprint density at radius 3 is 2.74 bits per heavy atom. The van der Waals surface area contributed by atoms with Crippen molar-refractivity contribution in [1.29, 1.82) is 0 Å². The number of hydrogen-bond acceptors (Lipinski definition) is 5. The van der Waals surface area contributed by atoms with Crippen molar-refractivity contribution in [2.45, 2.75) is 63.2 Å². The number of pyridine rings is 1. The summed E-state index contributed by atoms with van der Waals surface area (Å²) in [7, 11) is 0. The number of aromatic nitrogens is 1. The fraction of sp³-hybridized carbons (Fsp3) is 0.650. The number of carbonyl (C=O) groups is 2. The lowest BCUT2D eigenvalue weighted by molar-refractivity contribution is -0.143. The molecule has 0 aliphatic carbocycles. The summed E-state index contributed by atoms with van der Waals surface area (Å²) >= 11 is 0. The van der Waals surface area contributed by atoms with Crippen LogP contribution in [-0.2, 0) is 20.7 Å². The van der Waals surface area contributed by atoms with Gasteiger partial charge >= 0.3 is 0 Å². The minimum absolute atomic E-state index is 0.133. The molecular weight excluding hydrogens is 346 g/mol. The quantitative estimate of drug-likeness (QED) is 0.775. The number of aliphatic hydroxyl groups is 1. The molecule has 3 atom stereocenters. The third-order valence-corrected chi connectivity index (χ3v) is 5.32. The number of rotatable bonds is 6. The minimum Gasteiger partial charge on any atom is -0.394 e. The molecule has 148 valence electrons. The Bertz CT molecular complexity index is 619. The fourth-order valence-electron chi connectivity index (χ4n) is 3.84. The van der Waals surface area contributed by atoms with Gasteiger partial charge in [-0.05, 0) is 44.2 Å². The molecule has 3 rings (SSSR count). The Morgan fingerprint density at radius 1 is 1.22 bits per heavy atom. The van der Waals surface area contributed by atoms with Crippen molar-refractivity contribution in [3.63, 3.8) is 0 Å². The second-order valence-electron chi connectivity index (χ2n) is 7.37. The third-order valence-electron chi connectivity index (χ3n) is 5.32. The largest absolute Gasteiger partial charge is 0.394 e. The van der Waals surface area contributed by atoms with Crippen LogP contribution in [0.15, 0.2) is 24.4 Å². The maximum atomic E-state index is 12.4. The first-order valence-electron chi connectivity index (χ1n) is 9.89. The van der Waals surface area contributed by atoms with Crippen molar-refractivity contribution in [3.8, 4) is 0 Å². The molecule has 0 radical (unpaired) electrons. The summed E-state index contributed by atoms with van der Waals surface area (Å²) in [5, 5.41) is 12.6. The van der Waals surface area contributed by atoms with Gasteiger partial charge in [0.1, 0.15) is 6.10 Å². The first kappa shape index (κ1) is 19.8. The standard InChI is InChI=1S/C20H29N3O4/c24-14-18-17(22-19(25)12-15-6-2-3-9-21-15)8-7-16(27-18)13-20(26)23-10-4-1-5-11-23/h2-3,6,9,16-18,24H,1,4-5,7-8,10-14H2,(H,22,25)/t16-,17-,18-/m1/s1. The molecule has 0 spiro atoms. The number of nitrogens with one attached hydrogen (secondary N) is 1. The average Bonchev–Trinajstić information content (AvgIpc) is 2.70. The molecule has 2 saturated heterocycles. The van der Waals surface area contributed by atoms with Crippen LogP contribution < -0.4 is 5.32 Å². The van der Waals surface area contributed by atoms with Crippen LogP contribution in [0.25, 0.3) is 0 Å². The number of amides is 2. The highest BCUT2D eigenvalue weighted by Crippen LogP contribution is 2.23. The highest BCUT2D eigenvalue weighted by molar-refractivity contribution is 5.78. The summed E-state index contributed by atoms with van der Waals surface area (Å²) in [6.07, 6.45) is 6.26. The molecule has 2 amide bonds. The molecule has 2 N–H and O–H groups in total. The first-order valence-corrected chi connectivity index (χ1v) is 9.89. The highest BCUT2D eigenvalue weighted by atomic mass is 16.5. The molecule has 3 heterocycles. The Kier molecular flexibility index (Phi) is 7.18. The summed E-state index contributed by atoms with van der Waals surface area (Å²) in [5.74, 6) is -0.00220. The van der Waals surface area contributed by atoms with Crippen molar-refractivity contribution in [2.24, 2.45) is 0 Å². The van der Waals surface area contributed by atoms with E-state index in [-0.39, 0.29) is 37.0 Å². The zero-order chi connectivity index (χ0) is 19.1. The van der Waals surface area contributed by atoms with E-state index in [4.69, 9.17) is 4.74 Å². The number of piperidine rings is 1. The summed E-state index contributed by atoms with van der Waals surface area (Å²) in [6.45, 7) is 1.49. The predicted octanol–water partition coefficient (Wildman–Crippen LogP) is 1.05. The molecule has 1 aromatic heterocycles. The van der Waals surface area contributed by atoms with Crippen molar-refractivity contribution in [3.05, 3.63) is 30.1 Å². The van der Waals surface area contributed by atoms with Gasteiger partial charge < -0.3 is 20.1 Å². The van der Waals surface area contributed by atoms with Crippen molar-refractivity contribution < 1.29 is 19.4 Å². The molecule has 1 aromatic rings. The lowest BCUT2D eigenvalue weighted by Gasteiger charge is -2.37. The third kappa shape index (κ3) is 5.74. The van der Waals surface area contributed by atoms with Crippen LogP contribution >= 0.6 is 0 Å². The van der Waals surface area contributed by atoms with E-state index in [9.17, 15) is 14.7 Å². The van der Waals surface area contributed by atoms with Crippen molar-refractivity contribution in [1.82, 2.24) is 15.2 Å². The summed E-state index contributed by atoms with van der Waals surface area (Å²) in [5.41, 5.74) is 0.706. The van der Waals surface area contributed by atoms with E-state index in [1.165, 1.54) is 6.42 Å². The molecule has 2 fully saturated rings. The van der Waals surface area contributed by atoms with Crippen LogP contribution in [0.1, 0.15) is 44.2 Å². The van der Waals surface area contributed by atoms with Gasteiger partial charge in [0.05, 0.1) is 31.6 Å². The topological polar surface area (TPSA) is 91.8 Å². The maximum absolute atomic E-state index is 12.4. The summed E-state index contributed by atoms with van der Waals surface area (Å²) in [6, 6.07) is 5.22. The SMILES string of the molecule is O=C(Cc1ccccn1)N[C@@H]1CC[C@H](CC(=O)N2CCCCC2)O[C@@H]1CO. The van der Waals surface area contributed by atoms with Gasteiger partial charge in [-0.2, -0.15) is 0 Å². The van der Waals surface area contributed by atoms with Gasteiger partial charge in [-0.15, -0.1) is 0 Å². The first-order chi connectivity index (χ1) is 13.2. The van der Waals surface area contributed by atoms with Crippen molar-refractivity contribution in [2.75, 3.05) is 19.7 Å². The Balaban J connectivity index is 1.47. The Morgan fingerprint density at radius 2 is 2.04 bits per heavy atom. The maximum Gasteiger partial charge on any atom is 0.226 e. The van der Waals surface area contributed by atoms with Gasteiger partial charge in [-0.1, -0.05) is 6.07 Å². The van der Waals surface area contributed by atoms with Gasteiger partial charge in [0.2, 0.25) is 11.8 Å². The molecule has 2 aliphatic heterocycles. The summed E-state index contributed by atoms with van der Waals surface area (Å²) < 4.78 is 5.93. The number of hydrogen-bond donors (Lipinski definition) is 2. The Labute approximate surface area is 160 Å². The number of ether oxygens (including phenoxy) is 1. The van der Waals surface area contributed by atoms with Gasteiger partial charge in [0.25, 0.3) is 0 Å². The van der Waals surface area contributed by atoms with Crippen molar-refractivity contribution >= 4 is 11.8 Å². The van der Waals surface area contributed by atoms with Crippen LogP contribution in [0.5, 0.6) is 0 Å². The molecule has 27 heavy (non-hydrogen) atoms. The van der Waals surface area contributed by atoms with Crippen LogP contribution in [0.4, 0.5) is 0 Å². The average molecular weight is 375 g/mol. The summed E-state index contributed by atoms with van der Waals surface area (Å²) in [4.78, 5) is 30.8. The second kappa shape index (κ2) is 9.80. The zero-order valence-corrected chi connectivity index (χ0v) is 15.7. The molecular formula is C20H29N3O4. The van der Waals surface area contributed by atoms with E-state index in [0.29, 0.717) is 25.0 Å². The normalized spacial score (nSPS) is 25.8. The molecule has 0 saturated carbocycles. The lowest BCUT2D eigenvalue weighted by Crippen LogP contribution is -2.52. The number of carbonyl (C=O) groups excluding carboxylic acids is 2. The lowest BCUT2D eigenvalue weighted by atomic mass is 9.96. The van der Waals surface area contributed by atoms with E-state index >= 15 is 0 Å². The van der Waals surface area contributed by atoms with E-state index < -0.39 is 6.10 Å². The van der Waals surface area contributed by atoms with E-state index in [1.54, 1.807) is 6.20 Å². The molecule has 0 bridgehead atoms.